The monoisotopic (exact) mass is 319 g/mol. The molecule has 0 aromatic heterocycles. The van der Waals surface area contributed by atoms with Crippen molar-refractivity contribution in [3.63, 3.8) is 0 Å². The number of aliphatic carboxylic acids is 1. The number of hydrogen-bond donors (Lipinski definition) is 2. The maximum absolute atomic E-state index is 12.7. The van der Waals surface area contributed by atoms with Crippen LogP contribution < -0.4 is 10.2 Å². The van der Waals surface area contributed by atoms with Crippen LogP contribution in [0.25, 0.3) is 0 Å². The molecule has 23 heavy (non-hydrogen) atoms. The fourth-order valence-corrected chi connectivity index (χ4v) is 2.70. The predicted octanol–water partition coefficient (Wildman–Crippen LogP) is 0.315. The van der Waals surface area contributed by atoms with E-state index in [9.17, 15) is 14.4 Å². The van der Waals surface area contributed by atoms with E-state index >= 15 is 0 Å². The Hall–Kier alpha value is -2.41. The predicted molar refractivity (Wildman–Crippen MR) is 85.1 cm³/mol. The third-order valence-electron chi connectivity index (χ3n) is 3.84. The molecule has 1 saturated heterocycles. The topological polar surface area (TPSA) is 89.9 Å². The summed E-state index contributed by atoms with van der Waals surface area (Å²) in [6.45, 7) is 0.242. The Kier molecular flexibility index (Phi) is 5.70. The van der Waals surface area contributed by atoms with Gasteiger partial charge in [0, 0.05) is 12.2 Å². The SMILES string of the molecule is CN(CC(=O)NCC(=O)O)C1CCCN(c2ccccc2)C1=O. The molecule has 1 aromatic carbocycles. The molecule has 1 aromatic rings. The van der Waals surface area contributed by atoms with Crippen LogP contribution in [0.1, 0.15) is 12.8 Å². The molecule has 0 spiro atoms. The zero-order chi connectivity index (χ0) is 16.8. The number of benzene rings is 1. The molecule has 124 valence electrons. The molecular formula is C16H21N3O4. The summed E-state index contributed by atoms with van der Waals surface area (Å²) in [5.74, 6) is -1.53. The van der Waals surface area contributed by atoms with Crippen LogP contribution in [0.4, 0.5) is 5.69 Å². The lowest BCUT2D eigenvalue weighted by molar-refractivity contribution is -0.138. The molecule has 0 aliphatic carbocycles. The number of piperidine rings is 1. The molecule has 1 aliphatic rings. The van der Waals surface area contributed by atoms with E-state index in [1.165, 1.54) is 0 Å². The van der Waals surface area contributed by atoms with Crippen molar-refractivity contribution in [3.05, 3.63) is 30.3 Å². The van der Waals surface area contributed by atoms with E-state index in [0.29, 0.717) is 13.0 Å². The summed E-state index contributed by atoms with van der Waals surface area (Å²) in [6.07, 6.45) is 1.54. The average molecular weight is 319 g/mol. The van der Waals surface area contributed by atoms with Crippen molar-refractivity contribution in [2.45, 2.75) is 18.9 Å². The number of likely N-dealkylation sites (N-methyl/N-ethyl adjacent to an activating group) is 1. The zero-order valence-electron chi connectivity index (χ0n) is 13.1. The number of nitrogens with zero attached hydrogens (tertiary/aromatic N) is 2. The minimum atomic E-state index is -1.09. The molecule has 1 heterocycles. The van der Waals surface area contributed by atoms with Crippen LogP contribution in [0.15, 0.2) is 30.3 Å². The molecule has 1 unspecified atom stereocenters. The Balaban J connectivity index is 1.97. The lowest BCUT2D eigenvalue weighted by Gasteiger charge is -2.36. The molecule has 2 amide bonds. The maximum Gasteiger partial charge on any atom is 0.322 e. The number of amides is 2. The highest BCUT2D eigenvalue weighted by molar-refractivity contribution is 5.98. The standard InChI is InChI=1S/C16H21N3O4/c1-18(11-14(20)17-10-15(21)22)13-8-5-9-19(16(13)23)12-6-3-2-4-7-12/h2-4,6-7,13H,5,8-11H2,1H3,(H,17,20)(H,21,22). The number of carboxylic acid groups (broad SMARTS) is 1. The zero-order valence-corrected chi connectivity index (χ0v) is 13.1. The van der Waals surface area contributed by atoms with Gasteiger partial charge in [-0.05, 0) is 32.0 Å². The van der Waals surface area contributed by atoms with Gasteiger partial charge in [0.05, 0.1) is 12.6 Å². The first-order valence-corrected chi connectivity index (χ1v) is 7.54. The maximum atomic E-state index is 12.7. The van der Waals surface area contributed by atoms with Crippen molar-refractivity contribution >= 4 is 23.5 Å². The van der Waals surface area contributed by atoms with Crippen LogP contribution in [-0.4, -0.2) is 60.5 Å². The second-order valence-corrected chi connectivity index (χ2v) is 5.57. The van der Waals surface area contributed by atoms with Crippen LogP contribution >= 0.6 is 0 Å². The number of rotatable bonds is 6. The van der Waals surface area contributed by atoms with E-state index in [4.69, 9.17) is 5.11 Å². The Labute approximate surface area is 134 Å². The van der Waals surface area contributed by atoms with Crippen molar-refractivity contribution in [2.24, 2.45) is 0 Å². The van der Waals surface area contributed by atoms with E-state index in [1.54, 1.807) is 16.8 Å². The fraction of sp³-hybridized carbons (Fsp3) is 0.438. The molecule has 1 atom stereocenters. The quantitative estimate of drug-likeness (QED) is 0.788. The second-order valence-electron chi connectivity index (χ2n) is 5.57. The van der Waals surface area contributed by atoms with Gasteiger partial charge in [-0.2, -0.15) is 0 Å². The molecule has 0 bridgehead atoms. The molecule has 0 radical (unpaired) electrons. The van der Waals surface area contributed by atoms with Gasteiger partial charge in [0.25, 0.3) is 0 Å². The van der Waals surface area contributed by atoms with E-state index in [-0.39, 0.29) is 18.5 Å². The van der Waals surface area contributed by atoms with Crippen molar-refractivity contribution in [2.75, 3.05) is 31.6 Å². The lowest BCUT2D eigenvalue weighted by atomic mass is 10.0. The number of carbonyl (C=O) groups excluding carboxylic acids is 2. The molecule has 2 rings (SSSR count). The third kappa shape index (κ3) is 4.53. The van der Waals surface area contributed by atoms with Crippen molar-refractivity contribution < 1.29 is 19.5 Å². The number of para-hydroxylation sites is 1. The van der Waals surface area contributed by atoms with E-state index in [0.717, 1.165) is 12.1 Å². The Morgan fingerprint density at radius 2 is 2.04 bits per heavy atom. The Morgan fingerprint density at radius 1 is 1.35 bits per heavy atom. The molecule has 2 N–H and O–H groups in total. The van der Waals surface area contributed by atoms with Gasteiger partial charge in [-0.15, -0.1) is 0 Å². The number of carbonyl (C=O) groups is 3. The first-order chi connectivity index (χ1) is 11.0. The number of anilines is 1. The smallest absolute Gasteiger partial charge is 0.322 e. The van der Waals surface area contributed by atoms with Gasteiger partial charge in [0.2, 0.25) is 11.8 Å². The summed E-state index contributed by atoms with van der Waals surface area (Å²) in [6, 6.07) is 9.07. The average Bonchev–Trinajstić information content (AvgIpc) is 2.54. The van der Waals surface area contributed by atoms with Gasteiger partial charge in [-0.3, -0.25) is 19.3 Å². The van der Waals surface area contributed by atoms with Crippen LogP contribution in [0.5, 0.6) is 0 Å². The second kappa shape index (κ2) is 7.73. The first kappa shape index (κ1) is 17.0. The highest BCUT2D eigenvalue weighted by Gasteiger charge is 2.32. The summed E-state index contributed by atoms with van der Waals surface area (Å²) in [5.41, 5.74) is 0.853. The van der Waals surface area contributed by atoms with Crippen molar-refractivity contribution in [3.8, 4) is 0 Å². The molecule has 1 fully saturated rings. The third-order valence-corrected chi connectivity index (χ3v) is 3.84. The van der Waals surface area contributed by atoms with Gasteiger partial charge in [-0.1, -0.05) is 18.2 Å². The van der Waals surface area contributed by atoms with Gasteiger partial charge in [0.15, 0.2) is 0 Å². The van der Waals surface area contributed by atoms with Gasteiger partial charge < -0.3 is 15.3 Å². The van der Waals surface area contributed by atoms with E-state index in [2.05, 4.69) is 5.32 Å². The fourth-order valence-electron chi connectivity index (χ4n) is 2.70. The van der Waals surface area contributed by atoms with E-state index < -0.39 is 18.4 Å². The number of carboxylic acids is 1. The summed E-state index contributed by atoms with van der Waals surface area (Å²) >= 11 is 0. The summed E-state index contributed by atoms with van der Waals surface area (Å²) < 4.78 is 0. The first-order valence-electron chi connectivity index (χ1n) is 7.54. The largest absolute Gasteiger partial charge is 0.480 e. The van der Waals surface area contributed by atoms with Crippen LogP contribution in [0.2, 0.25) is 0 Å². The summed E-state index contributed by atoms with van der Waals surface area (Å²) in [4.78, 5) is 38.3. The molecular weight excluding hydrogens is 298 g/mol. The van der Waals surface area contributed by atoms with Crippen LogP contribution in [-0.2, 0) is 14.4 Å². The van der Waals surface area contributed by atoms with Gasteiger partial charge in [0.1, 0.15) is 6.54 Å². The van der Waals surface area contributed by atoms with Crippen LogP contribution in [0.3, 0.4) is 0 Å². The van der Waals surface area contributed by atoms with Crippen molar-refractivity contribution in [1.82, 2.24) is 10.2 Å². The number of nitrogens with one attached hydrogen (secondary N) is 1. The summed E-state index contributed by atoms with van der Waals surface area (Å²) in [5, 5.41) is 10.9. The minimum absolute atomic E-state index is 0.00762. The minimum Gasteiger partial charge on any atom is -0.480 e. The summed E-state index contributed by atoms with van der Waals surface area (Å²) in [7, 11) is 1.71. The Morgan fingerprint density at radius 3 is 2.70 bits per heavy atom. The molecule has 7 nitrogen and oxygen atoms in total. The number of hydrogen-bond acceptors (Lipinski definition) is 4. The van der Waals surface area contributed by atoms with Crippen LogP contribution in [0, 0.1) is 0 Å². The Bertz CT molecular complexity index is 576. The van der Waals surface area contributed by atoms with Crippen molar-refractivity contribution in [1.29, 1.82) is 0 Å². The molecule has 0 saturated carbocycles. The van der Waals surface area contributed by atoms with Gasteiger partial charge >= 0.3 is 5.97 Å². The normalized spacial score (nSPS) is 18.1. The highest BCUT2D eigenvalue weighted by Crippen LogP contribution is 2.22. The van der Waals surface area contributed by atoms with E-state index in [1.807, 2.05) is 30.3 Å². The van der Waals surface area contributed by atoms with Gasteiger partial charge in [-0.25, -0.2) is 0 Å². The molecule has 1 aliphatic heterocycles. The highest BCUT2D eigenvalue weighted by atomic mass is 16.4. The molecule has 7 heteroatoms. The lowest BCUT2D eigenvalue weighted by Crippen LogP contribution is -2.53.